The van der Waals surface area contributed by atoms with E-state index < -0.39 is 12.1 Å². The molecule has 0 fully saturated rings. The van der Waals surface area contributed by atoms with E-state index in [1.54, 1.807) is 6.92 Å². The Morgan fingerprint density at radius 3 is 2.41 bits per heavy atom. The Morgan fingerprint density at radius 1 is 1.32 bits per heavy atom. The molecule has 2 N–H and O–H groups in total. The second-order valence-corrected chi connectivity index (χ2v) is 4.53. The van der Waals surface area contributed by atoms with Crippen LogP contribution >= 0.6 is 0 Å². The topological polar surface area (TPSA) is 70.0 Å². The molecule has 1 aromatic carbocycles. The van der Waals surface area contributed by atoms with Gasteiger partial charge in [0.2, 0.25) is 0 Å². The van der Waals surface area contributed by atoms with Gasteiger partial charge >= 0.3 is 5.97 Å². The van der Waals surface area contributed by atoms with Gasteiger partial charge in [-0.1, -0.05) is 38.6 Å². The van der Waals surface area contributed by atoms with Crippen LogP contribution in [0, 0.1) is 0 Å². The van der Waals surface area contributed by atoms with Crippen molar-refractivity contribution in [3.63, 3.8) is 0 Å². The lowest BCUT2D eigenvalue weighted by molar-refractivity contribution is -0.138. The van der Waals surface area contributed by atoms with Crippen molar-refractivity contribution in [1.29, 1.82) is 0 Å². The maximum Gasteiger partial charge on any atom is 0.333 e. The average molecular weight is 309 g/mol. The number of rotatable bonds is 8. The van der Waals surface area contributed by atoms with E-state index in [2.05, 4.69) is 6.58 Å². The van der Waals surface area contributed by atoms with Crippen LogP contribution in [0.1, 0.15) is 20.8 Å². The van der Waals surface area contributed by atoms with E-state index in [1.807, 2.05) is 49.1 Å². The van der Waals surface area contributed by atoms with Crippen molar-refractivity contribution in [2.75, 3.05) is 31.2 Å². The number of hydrogen-bond acceptors (Lipinski definition) is 5. The van der Waals surface area contributed by atoms with E-state index in [9.17, 15) is 9.90 Å². The minimum Gasteiger partial charge on any atom is -0.460 e. The number of esters is 1. The maximum atomic E-state index is 11.3. The Kier molecular flexibility index (Phi) is 10.8. The molecule has 0 saturated heterocycles. The summed E-state index contributed by atoms with van der Waals surface area (Å²) < 4.78 is 5.05. The summed E-state index contributed by atoms with van der Waals surface area (Å²) >= 11 is 0. The molecule has 22 heavy (non-hydrogen) atoms. The second-order valence-electron chi connectivity index (χ2n) is 4.53. The zero-order valence-electron chi connectivity index (χ0n) is 13.7. The van der Waals surface area contributed by atoms with Gasteiger partial charge in [0.05, 0.1) is 19.3 Å². The zero-order valence-corrected chi connectivity index (χ0v) is 13.7. The molecule has 0 amide bonds. The molecule has 0 saturated carbocycles. The minimum absolute atomic E-state index is 0.193. The standard InChI is InChI=1S/C15H21NO4.C2H6/c1-12(2)15(19)20-9-8-16(10-14(18)11-17)13-6-4-3-5-7-13;1-2/h3-7,14,17-18H,1,8-11H2,2H3;1-2H3. The summed E-state index contributed by atoms with van der Waals surface area (Å²) in [4.78, 5) is 13.2. The fraction of sp³-hybridized carbons (Fsp3) is 0.471. The molecule has 0 radical (unpaired) electrons. The number of para-hydroxylation sites is 1. The van der Waals surface area contributed by atoms with Crippen molar-refractivity contribution < 1.29 is 19.7 Å². The molecule has 0 aliphatic heterocycles. The smallest absolute Gasteiger partial charge is 0.333 e. The maximum absolute atomic E-state index is 11.3. The molecule has 5 heteroatoms. The van der Waals surface area contributed by atoms with Gasteiger partial charge in [0.1, 0.15) is 6.61 Å². The monoisotopic (exact) mass is 309 g/mol. The molecule has 0 aromatic heterocycles. The lowest BCUT2D eigenvalue weighted by Crippen LogP contribution is -2.37. The molecule has 0 bridgehead atoms. The summed E-state index contributed by atoms with van der Waals surface area (Å²) in [6, 6.07) is 9.45. The van der Waals surface area contributed by atoms with Gasteiger partial charge in [-0.25, -0.2) is 4.79 Å². The van der Waals surface area contributed by atoms with E-state index in [0.717, 1.165) is 5.69 Å². The van der Waals surface area contributed by atoms with Crippen LogP contribution in [0.5, 0.6) is 0 Å². The van der Waals surface area contributed by atoms with Crippen molar-refractivity contribution in [2.24, 2.45) is 0 Å². The number of anilines is 1. The molecule has 0 spiro atoms. The largest absolute Gasteiger partial charge is 0.460 e. The van der Waals surface area contributed by atoms with Gasteiger partial charge in [-0.05, 0) is 19.1 Å². The number of ether oxygens (including phenoxy) is 1. The lowest BCUT2D eigenvalue weighted by atomic mass is 10.2. The van der Waals surface area contributed by atoms with Crippen molar-refractivity contribution in [3.05, 3.63) is 42.5 Å². The van der Waals surface area contributed by atoms with Gasteiger partial charge < -0.3 is 19.8 Å². The fourth-order valence-corrected chi connectivity index (χ4v) is 1.65. The predicted molar refractivity (Wildman–Crippen MR) is 88.9 cm³/mol. The fourth-order valence-electron chi connectivity index (χ4n) is 1.65. The molecule has 1 unspecified atom stereocenters. The lowest BCUT2D eigenvalue weighted by Gasteiger charge is -2.26. The van der Waals surface area contributed by atoms with E-state index >= 15 is 0 Å². The molecular formula is C17H27NO4. The van der Waals surface area contributed by atoms with Crippen LogP contribution in [0.15, 0.2) is 42.5 Å². The summed E-state index contributed by atoms with van der Waals surface area (Å²) in [7, 11) is 0. The number of nitrogens with zero attached hydrogens (tertiary/aromatic N) is 1. The molecule has 0 aliphatic rings. The van der Waals surface area contributed by atoms with Crippen LogP contribution in [-0.2, 0) is 9.53 Å². The third kappa shape index (κ3) is 7.81. The molecule has 5 nitrogen and oxygen atoms in total. The summed E-state index contributed by atoms with van der Waals surface area (Å²) in [5.41, 5.74) is 1.25. The van der Waals surface area contributed by atoms with Gasteiger partial charge in [0, 0.05) is 17.8 Å². The molecule has 0 aliphatic carbocycles. The van der Waals surface area contributed by atoms with Crippen molar-refractivity contribution in [3.8, 4) is 0 Å². The average Bonchev–Trinajstić information content (AvgIpc) is 2.56. The number of carbonyl (C=O) groups excluding carboxylic acids is 1. The van der Waals surface area contributed by atoms with E-state index in [0.29, 0.717) is 12.1 Å². The number of hydrogen-bond donors (Lipinski definition) is 2. The van der Waals surface area contributed by atoms with Crippen LogP contribution in [-0.4, -0.2) is 48.6 Å². The third-order valence-corrected chi connectivity index (χ3v) is 2.71. The van der Waals surface area contributed by atoms with Crippen LogP contribution in [0.4, 0.5) is 5.69 Å². The predicted octanol–water partition coefficient (Wildman–Crippen LogP) is 1.99. The summed E-state index contributed by atoms with van der Waals surface area (Å²) in [6.07, 6.45) is -0.841. The quantitative estimate of drug-likeness (QED) is 0.568. The summed E-state index contributed by atoms with van der Waals surface area (Å²) in [6.45, 7) is 9.68. The van der Waals surface area contributed by atoms with E-state index in [-0.39, 0.29) is 19.8 Å². The Hall–Kier alpha value is -1.85. The van der Waals surface area contributed by atoms with Crippen LogP contribution < -0.4 is 4.90 Å². The van der Waals surface area contributed by atoms with Crippen molar-refractivity contribution in [2.45, 2.75) is 26.9 Å². The van der Waals surface area contributed by atoms with E-state index in [4.69, 9.17) is 9.84 Å². The van der Waals surface area contributed by atoms with Crippen molar-refractivity contribution in [1.82, 2.24) is 0 Å². The van der Waals surface area contributed by atoms with Crippen LogP contribution in [0.3, 0.4) is 0 Å². The van der Waals surface area contributed by atoms with Crippen LogP contribution in [0.25, 0.3) is 0 Å². The number of aliphatic hydroxyl groups is 2. The highest BCUT2D eigenvalue weighted by atomic mass is 16.5. The molecule has 1 aromatic rings. The highest BCUT2D eigenvalue weighted by molar-refractivity contribution is 5.86. The molecule has 124 valence electrons. The van der Waals surface area contributed by atoms with Gasteiger partial charge in [0.15, 0.2) is 0 Å². The number of carbonyl (C=O) groups is 1. The normalized spacial score (nSPS) is 11.0. The SMILES string of the molecule is C=C(C)C(=O)OCCN(CC(O)CO)c1ccccc1.CC. The Balaban J connectivity index is 0.00000211. The highest BCUT2D eigenvalue weighted by Crippen LogP contribution is 2.13. The van der Waals surface area contributed by atoms with Gasteiger partial charge in [0.25, 0.3) is 0 Å². The first-order valence-corrected chi connectivity index (χ1v) is 7.46. The Morgan fingerprint density at radius 2 is 1.91 bits per heavy atom. The minimum atomic E-state index is -0.841. The first-order valence-electron chi connectivity index (χ1n) is 7.46. The van der Waals surface area contributed by atoms with E-state index in [1.165, 1.54) is 0 Å². The molecule has 1 rings (SSSR count). The molecular weight excluding hydrogens is 282 g/mol. The highest BCUT2D eigenvalue weighted by Gasteiger charge is 2.12. The first kappa shape index (κ1) is 20.1. The third-order valence-electron chi connectivity index (χ3n) is 2.71. The number of aliphatic hydroxyl groups excluding tert-OH is 2. The molecule has 0 heterocycles. The van der Waals surface area contributed by atoms with Crippen molar-refractivity contribution >= 4 is 11.7 Å². The first-order chi connectivity index (χ1) is 10.5. The molecule has 1 atom stereocenters. The summed E-state index contributed by atoms with van der Waals surface area (Å²) in [5.74, 6) is -0.430. The summed E-state index contributed by atoms with van der Waals surface area (Å²) in [5, 5.41) is 18.5. The van der Waals surface area contributed by atoms with Gasteiger partial charge in [-0.3, -0.25) is 0 Å². The van der Waals surface area contributed by atoms with Gasteiger partial charge in [-0.15, -0.1) is 0 Å². The number of benzene rings is 1. The van der Waals surface area contributed by atoms with Gasteiger partial charge in [-0.2, -0.15) is 0 Å². The van der Waals surface area contributed by atoms with Crippen LogP contribution in [0.2, 0.25) is 0 Å². The Labute approximate surface area is 132 Å². The zero-order chi connectivity index (χ0) is 17.0. The second kappa shape index (κ2) is 11.8. The Bertz CT molecular complexity index is 434.